The molecule has 3 nitrogen and oxygen atoms in total. The molecule has 1 aromatic heterocycles. The molecule has 0 aromatic carbocycles. The Bertz CT molecular complexity index is 456. The fraction of sp³-hybridized carbons (Fsp3) is 0.722. The van der Waals surface area contributed by atoms with Gasteiger partial charge in [0.1, 0.15) is 0 Å². The minimum absolute atomic E-state index is 0.631. The van der Waals surface area contributed by atoms with Crippen LogP contribution < -0.4 is 10.2 Å². The molecule has 0 saturated carbocycles. The smallest absolute Gasteiger partial charge is 0.0448 e. The second-order valence-electron chi connectivity index (χ2n) is 7.16. The van der Waals surface area contributed by atoms with Gasteiger partial charge >= 0.3 is 0 Å². The van der Waals surface area contributed by atoms with Crippen molar-refractivity contribution in [1.29, 1.82) is 0 Å². The van der Waals surface area contributed by atoms with Crippen LogP contribution in [0.15, 0.2) is 12.3 Å². The molecule has 2 atom stereocenters. The van der Waals surface area contributed by atoms with Crippen molar-refractivity contribution in [1.82, 2.24) is 10.3 Å². The van der Waals surface area contributed by atoms with Crippen LogP contribution in [0.3, 0.4) is 0 Å². The van der Waals surface area contributed by atoms with Gasteiger partial charge < -0.3 is 10.2 Å². The molecule has 1 N–H and O–H groups in total. The van der Waals surface area contributed by atoms with Crippen molar-refractivity contribution in [2.75, 3.05) is 18.0 Å². The quantitative estimate of drug-likeness (QED) is 0.894. The highest BCUT2D eigenvalue weighted by Crippen LogP contribution is 2.30. The Hall–Kier alpha value is -1.09. The number of nitrogens with one attached hydrogen (secondary N) is 1. The third kappa shape index (κ3) is 4.44. The lowest BCUT2D eigenvalue weighted by Gasteiger charge is -2.39. The number of rotatable bonds is 5. The van der Waals surface area contributed by atoms with Crippen molar-refractivity contribution in [3.8, 4) is 0 Å². The molecular formula is C18H31N3. The topological polar surface area (TPSA) is 28.2 Å². The van der Waals surface area contributed by atoms with Crippen molar-refractivity contribution >= 4 is 5.69 Å². The lowest BCUT2D eigenvalue weighted by Crippen LogP contribution is -2.42. The van der Waals surface area contributed by atoms with Crippen LogP contribution >= 0.6 is 0 Å². The summed E-state index contributed by atoms with van der Waals surface area (Å²) in [6.07, 6.45) is 4.70. The minimum atomic E-state index is 0.631. The summed E-state index contributed by atoms with van der Waals surface area (Å²) in [7, 11) is 0. The Morgan fingerprint density at radius 1 is 1.33 bits per heavy atom. The van der Waals surface area contributed by atoms with E-state index in [-0.39, 0.29) is 0 Å². The van der Waals surface area contributed by atoms with E-state index in [1.165, 1.54) is 30.6 Å². The van der Waals surface area contributed by atoms with E-state index < -0.39 is 0 Å². The normalized spacial score (nSPS) is 22.9. The molecular weight excluding hydrogens is 258 g/mol. The molecule has 0 bridgehead atoms. The molecule has 1 aliphatic rings. The third-order valence-electron chi connectivity index (χ3n) is 4.39. The summed E-state index contributed by atoms with van der Waals surface area (Å²) in [5, 5.41) is 3.56. The molecule has 3 heteroatoms. The zero-order valence-corrected chi connectivity index (χ0v) is 14.3. The highest BCUT2D eigenvalue weighted by molar-refractivity contribution is 5.54. The Morgan fingerprint density at radius 3 is 2.81 bits per heavy atom. The summed E-state index contributed by atoms with van der Waals surface area (Å²) >= 11 is 0. The molecule has 0 aliphatic carbocycles. The third-order valence-corrected chi connectivity index (χ3v) is 4.39. The van der Waals surface area contributed by atoms with E-state index in [4.69, 9.17) is 0 Å². The van der Waals surface area contributed by atoms with Crippen molar-refractivity contribution in [2.24, 2.45) is 11.8 Å². The highest BCUT2D eigenvalue weighted by Gasteiger charge is 2.24. The van der Waals surface area contributed by atoms with Crippen LogP contribution in [0.2, 0.25) is 0 Å². The molecule has 118 valence electrons. The largest absolute Gasteiger partial charge is 0.368 e. The number of nitrogens with zero attached hydrogens (tertiary/aromatic N) is 2. The minimum Gasteiger partial charge on any atom is -0.368 e. The molecule has 2 rings (SSSR count). The van der Waals surface area contributed by atoms with Gasteiger partial charge in [0.05, 0.1) is 0 Å². The second-order valence-corrected chi connectivity index (χ2v) is 7.16. The number of piperidine rings is 1. The van der Waals surface area contributed by atoms with E-state index in [2.05, 4.69) is 62.1 Å². The van der Waals surface area contributed by atoms with Crippen molar-refractivity contribution < 1.29 is 0 Å². The maximum absolute atomic E-state index is 4.51. The van der Waals surface area contributed by atoms with E-state index in [1.807, 2.05) is 0 Å². The van der Waals surface area contributed by atoms with Gasteiger partial charge in [-0.15, -0.1) is 0 Å². The van der Waals surface area contributed by atoms with Crippen molar-refractivity contribution in [3.05, 3.63) is 23.5 Å². The molecule has 1 aromatic rings. The van der Waals surface area contributed by atoms with E-state index in [0.29, 0.717) is 12.0 Å². The van der Waals surface area contributed by atoms with Gasteiger partial charge in [-0.05, 0) is 51.1 Å². The molecule has 1 aliphatic heterocycles. The van der Waals surface area contributed by atoms with Crippen LogP contribution in [-0.4, -0.2) is 24.1 Å². The SMILES string of the molecule is Cc1cc(N2CC(C)CCC2C)c(CNCC(C)C)cn1. The first-order chi connectivity index (χ1) is 9.97. The summed E-state index contributed by atoms with van der Waals surface area (Å²) in [5.74, 6) is 1.46. The van der Waals surface area contributed by atoms with Gasteiger partial charge in [-0.3, -0.25) is 4.98 Å². The predicted octanol–water partition coefficient (Wildman–Crippen LogP) is 3.76. The average molecular weight is 289 g/mol. The van der Waals surface area contributed by atoms with Gasteiger partial charge in [-0.1, -0.05) is 20.8 Å². The summed E-state index contributed by atoms with van der Waals surface area (Å²) in [6, 6.07) is 2.90. The molecule has 0 amide bonds. The first kappa shape index (κ1) is 16.3. The Balaban J connectivity index is 2.17. The molecule has 21 heavy (non-hydrogen) atoms. The average Bonchev–Trinajstić information content (AvgIpc) is 2.43. The first-order valence-electron chi connectivity index (χ1n) is 8.40. The van der Waals surface area contributed by atoms with Gasteiger partial charge in [-0.25, -0.2) is 0 Å². The van der Waals surface area contributed by atoms with Crippen LogP contribution in [0.4, 0.5) is 5.69 Å². The van der Waals surface area contributed by atoms with Crippen LogP contribution in [0.5, 0.6) is 0 Å². The number of aromatic nitrogens is 1. The number of hydrogen-bond donors (Lipinski definition) is 1. The van der Waals surface area contributed by atoms with Crippen molar-refractivity contribution in [2.45, 2.75) is 60.0 Å². The Morgan fingerprint density at radius 2 is 2.10 bits per heavy atom. The zero-order valence-electron chi connectivity index (χ0n) is 14.3. The Kier molecular flexibility index (Phi) is 5.63. The van der Waals surface area contributed by atoms with Gasteiger partial charge in [0.25, 0.3) is 0 Å². The number of pyridine rings is 1. The van der Waals surface area contributed by atoms with E-state index in [1.54, 1.807) is 0 Å². The number of hydrogen-bond acceptors (Lipinski definition) is 3. The first-order valence-corrected chi connectivity index (χ1v) is 8.40. The second kappa shape index (κ2) is 7.26. The molecule has 2 unspecified atom stereocenters. The fourth-order valence-electron chi connectivity index (χ4n) is 3.10. The Labute approximate surface area is 130 Å². The summed E-state index contributed by atoms with van der Waals surface area (Å²) in [4.78, 5) is 7.10. The molecule has 0 spiro atoms. The molecule has 1 saturated heterocycles. The maximum atomic E-state index is 4.51. The molecule has 2 heterocycles. The van der Waals surface area contributed by atoms with Gasteiger partial charge in [0.15, 0.2) is 0 Å². The monoisotopic (exact) mass is 289 g/mol. The lowest BCUT2D eigenvalue weighted by atomic mass is 9.94. The summed E-state index contributed by atoms with van der Waals surface area (Å²) in [5.41, 5.74) is 3.84. The van der Waals surface area contributed by atoms with E-state index >= 15 is 0 Å². The molecule has 0 radical (unpaired) electrons. The number of aryl methyl sites for hydroxylation is 1. The van der Waals surface area contributed by atoms with Crippen LogP contribution in [0, 0.1) is 18.8 Å². The summed E-state index contributed by atoms with van der Waals surface area (Å²) in [6.45, 7) is 14.4. The van der Waals surface area contributed by atoms with E-state index in [0.717, 1.165) is 24.7 Å². The van der Waals surface area contributed by atoms with Crippen LogP contribution in [0.1, 0.15) is 51.8 Å². The highest BCUT2D eigenvalue weighted by atomic mass is 15.2. The van der Waals surface area contributed by atoms with Gasteiger partial charge in [0.2, 0.25) is 0 Å². The summed E-state index contributed by atoms with van der Waals surface area (Å²) < 4.78 is 0. The van der Waals surface area contributed by atoms with Gasteiger partial charge in [0, 0.05) is 42.3 Å². The van der Waals surface area contributed by atoms with Gasteiger partial charge in [-0.2, -0.15) is 0 Å². The lowest BCUT2D eigenvalue weighted by molar-refractivity contribution is 0.389. The van der Waals surface area contributed by atoms with Crippen LogP contribution in [-0.2, 0) is 6.54 Å². The van der Waals surface area contributed by atoms with E-state index in [9.17, 15) is 0 Å². The zero-order chi connectivity index (χ0) is 15.4. The molecule has 1 fully saturated rings. The van der Waals surface area contributed by atoms with Crippen molar-refractivity contribution in [3.63, 3.8) is 0 Å². The standard InChI is InChI=1S/C18H31N3/c1-13(2)9-19-10-17-11-20-15(4)8-18(17)21-12-14(3)6-7-16(21)5/h8,11,13-14,16,19H,6-7,9-10,12H2,1-5H3. The van der Waals surface area contributed by atoms with Crippen LogP contribution in [0.25, 0.3) is 0 Å². The number of anilines is 1. The maximum Gasteiger partial charge on any atom is 0.0448 e. The fourth-order valence-corrected chi connectivity index (χ4v) is 3.10. The predicted molar refractivity (Wildman–Crippen MR) is 90.7 cm³/mol.